The van der Waals surface area contributed by atoms with Crippen molar-refractivity contribution in [2.45, 2.75) is 20.5 Å². The molecule has 1 saturated heterocycles. The Morgan fingerprint density at radius 2 is 1.81 bits per heavy atom. The Kier molecular flexibility index (Phi) is 8.30. The number of amides is 2. The van der Waals surface area contributed by atoms with E-state index in [0.717, 1.165) is 11.1 Å². The Bertz CT molecular complexity index is 1320. The van der Waals surface area contributed by atoms with Gasteiger partial charge in [0.25, 0.3) is 5.91 Å². The van der Waals surface area contributed by atoms with Crippen LogP contribution >= 0.6 is 23.4 Å². The van der Waals surface area contributed by atoms with E-state index >= 15 is 0 Å². The van der Waals surface area contributed by atoms with Crippen LogP contribution in [0.3, 0.4) is 0 Å². The Balaban J connectivity index is 1.46. The van der Waals surface area contributed by atoms with Gasteiger partial charge in [-0.3, -0.25) is 9.59 Å². The molecule has 0 unspecified atom stereocenters. The lowest BCUT2D eigenvalue weighted by atomic mass is 10.2. The van der Waals surface area contributed by atoms with Crippen LogP contribution in [0, 0.1) is 0 Å². The first-order chi connectivity index (χ1) is 17.4. The molecule has 184 valence electrons. The molecule has 1 aliphatic heterocycles. The van der Waals surface area contributed by atoms with Gasteiger partial charge in [-0.1, -0.05) is 29.8 Å². The first-order valence-corrected chi connectivity index (χ1v) is 12.4. The Labute approximate surface area is 218 Å². The van der Waals surface area contributed by atoms with Crippen molar-refractivity contribution in [2.75, 3.05) is 11.9 Å². The van der Waals surface area contributed by atoms with Crippen LogP contribution < -0.4 is 20.1 Å². The zero-order valence-electron chi connectivity index (χ0n) is 19.7. The number of hydrogen-bond donors (Lipinski definition) is 2. The van der Waals surface area contributed by atoms with Crippen molar-refractivity contribution in [1.29, 1.82) is 0 Å². The van der Waals surface area contributed by atoms with Gasteiger partial charge < -0.3 is 20.1 Å². The molecule has 4 rings (SSSR count). The molecule has 3 aromatic rings. The molecule has 0 saturated carbocycles. The summed E-state index contributed by atoms with van der Waals surface area (Å²) in [5.41, 5.74) is 3.13. The van der Waals surface area contributed by atoms with Gasteiger partial charge in [-0.05, 0) is 84.4 Å². The molecule has 0 spiro atoms. The van der Waals surface area contributed by atoms with Crippen molar-refractivity contribution in [1.82, 2.24) is 5.32 Å². The van der Waals surface area contributed by atoms with Crippen LogP contribution in [0.1, 0.15) is 25.0 Å². The summed E-state index contributed by atoms with van der Waals surface area (Å²) in [5, 5.41) is 6.64. The highest BCUT2D eigenvalue weighted by Crippen LogP contribution is 2.33. The van der Waals surface area contributed by atoms with E-state index in [1.54, 1.807) is 30.3 Å². The number of aliphatic imine (C=N–C) groups is 1. The first-order valence-electron chi connectivity index (χ1n) is 11.2. The number of halogens is 1. The number of amidine groups is 1. The normalized spacial score (nSPS) is 15.1. The predicted molar refractivity (Wildman–Crippen MR) is 145 cm³/mol. The molecule has 36 heavy (non-hydrogen) atoms. The van der Waals surface area contributed by atoms with E-state index < -0.39 is 0 Å². The van der Waals surface area contributed by atoms with Crippen LogP contribution in [0.25, 0.3) is 6.08 Å². The lowest BCUT2D eigenvalue weighted by Crippen LogP contribution is -2.19. The molecule has 3 aromatic carbocycles. The third-order valence-electron chi connectivity index (χ3n) is 4.94. The number of anilines is 1. The summed E-state index contributed by atoms with van der Waals surface area (Å²) in [4.78, 5) is 28.7. The summed E-state index contributed by atoms with van der Waals surface area (Å²) in [6.45, 7) is 4.21. The summed E-state index contributed by atoms with van der Waals surface area (Å²) in [7, 11) is 0. The lowest BCUT2D eigenvalue weighted by molar-refractivity contribution is -0.115. The second-order valence-electron chi connectivity index (χ2n) is 7.76. The number of ether oxygens (including phenoxy) is 2. The van der Waals surface area contributed by atoms with E-state index in [2.05, 4.69) is 15.6 Å². The maximum absolute atomic E-state index is 12.5. The highest BCUT2D eigenvalue weighted by molar-refractivity contribution is 8.18. The van der Waals surface area contributed by atoms with Crippen LogP contribution in [-0.4, -0.2) is 23.6 Å². The Morgan fingerprint density at radius 3 is 2.50 bits per heavy atom. The Morgan fingerprint density at radius 1 is 1.06 bits per heavy atom. The van der Waals surface area contributed by atoms with E-state index in [-0.39, 0.29) is 11.8 Å². The van der Waals surface area contributed by atoms with Crippen LogP contribution in [0.4, 0.5) is 11.4 Å². The van der Waals surface area contributed by atoms with Gasteiger partial charge in [0, 0.05) is 17.6 Å². The van der Waals surface area contributed by atoms with Crippen molar-refractivity contribution in [2.24, 2.45) is 4.99 Å². The number of benzene rings is 3. The van der Waals surface area contributed by atoms with Gasteiger partial charge in [-0.2, -0.15) is 0 Å². The highest BCUT2D eigenvalue weighted by Gasteiger charge is 2.24. The van der Waals surface area contributed by atoms with Crippen molar-refractivity contribution < 1.29 is 19.1 Å². The van der Waals surface area contributed by atoms with Crippen molar-refractivity contribution in [3.8, 4) is 11.5 Å². The molecule has 1 heterocycles. The van der Waals surface area contributed by atoms with Gasteiger partial charge >= 0.3 is 0 Å². The van der Waals surface area contributed by atoms with E-state index in [1.807, 2.05) is 49.4 Å². The van der Waals surface area contributed by atoms with Crippen molar-refractivity contribution in [3.05, 3.63) is 87.8 Å². The van der Waals surface area contributed by atoms with Crippen LogP contribution in [0.5, 0.6) is 11.5 Å². The van der Waals surface area contributed by atoms with Crippen LogP contribution in [0.2, 0.25) is 5.02 Å². The molecule has 1 fully saturated rings. The number of rotatable bonds is 8. The molecular formula is C27H24ClN3O4S. The number of nitrogens with zero attached hydrogens (tertiary/aromatic N) is 1. The van der Waals surface area contributed by atoms with Crippen LogP contribution in [-0.2, 0) is 16.2 Å². The number of nitrogens with one attached hydrogen (secondary N) is 2. The molecular weight excluding hydrogens is 498 g/mol. The monoisotopic (exact) mass is 521 g/mol. The third-order valence-corrected chi connectivity index (χ3v) is 6.10. The molecule has 0 atom stereocenters. The van der Waals surface area contributed by atoms with Gasteiger partial charge in [0.15, 0.2) is 16.7 Å². The average Bonchev–Trinajstić information content (AvgIpc) is 3.19. The summed E-state index contributed by atoms with van der Waals surface area (Å²) in [5.74, 6) is 0.838. The molecule has 2 N–H and O–H groups in total. The lowest BCUT2D eigenvalue weighted by Gasteiger charge is -2.13. The molecule has 0 aliphatic carbocycles. The zero-order chi connectivity index (χ0) is 25.5. The van der Waals surface area contributed by atoms with E-state index in [1.165, 1.54) is 18.7 Å². The average molecular weight is 522 g/mol. The number of carbonyl (C=O) groups excluding carboxylic acids is 2. The molecule has 0 bridgehead atoms. The fourth-order valence-electron chi connectivity index (χ4n) is 3.32. The van der Waals surface area contributed by atoms with Crippen molar-refractivity contribution in [3.63, 3.8) is 0 Å². The maximum Gasteiger partial charge on any atom is 0.264 e. The minimum atomic E-state index is -0.227. The third kappa shape index (κ3) is 6.90. The minimum Gasteiger partial charge on any atom is -0.490 e. The smallest absolute Gasteiger partial charge is 0.264 e. The van der Waals surface area contributed by atoms with E-state index in [0.29, 0.717) is 51.2 Å². The second kappa shape index (κ2) is 11.8. The zero-order valence-corrected chi connectivity index (χ0v) is 21.3. The summed E-state index contributed by atoms with van der Waals surface area (Å²) >= 11 is 7.20. The van der Waals surface area contributed by atoms with Gasteiger partial charge in [-0.15, -0.1) is 0 Å². The molecule has 0 aromatic heterocycles. The van der Waals surface area contributed by atoms with E-state index in [4.69, 9.17) is 21.1 Å². The summed E-state index contributed by atoms with van der Waals surface area (Å²) in [6, 6.07) is 20.1. The largest absolute Gasteiger partial charge is 0.490 e. The van der Waals surface area contributed by atoms with Gasteiger partial charge in [0.2, 0.25) is 5.91 Å². The van der Waals surface area contributed by atoms with Crippen LogP contribution in [0.15, 0.2) is 76.6 Å². The first kappa shape index (κ1) is 25.3. The quantitative estimate of drug-likeness (QED) is 0.346. The Hall–Kier alpha value is -3.75. The molecule has 1 aliphatic rings. The SMILES string of the molecule is CCOc1cc(/C=C2\SC(=Nc3ccc(NC(C)=O)cc3)NC2=O)ccc1OCc1ccc(Cl)cc1. The second-order valence-corrected chi connectivity index (χ2v) is 9.23. The van der Waals surface area contributed by atoms with E-state index in [9.17, 15) is 9.59 Å². The molecule has 7 nitrogen and oxygen atoms in total. The highest BCUT2D eigenvalue weighted by atomic mass is 35.5. The van der Waals surface area contributed by atoms with Crippen molar-refractivity contribution >= 4 is 57.8 Å². The molecule has 2 amide bonds. The van der Waals surface area contributed by atoms with Gasteiger partial charge in [0.1, 0.15) is 6.61 Å². The number of hydrogen-bond acceptors (Lipinski definition) is 6. The van der Waals surface area contributed by atoms with Gasteiger partial charge in [0.05, 0.1) is 17.2 Å². The van der Waals surface area contributed by atoms with Gasteiger partial charge in [-0.25, -0.2) is 4.99 Å². The fraction of sp³-hybridized carbons (Fsp3) is 0.148. The minimum absolute atomic E-state index is 0.142. The molecule has 9 heteroatoms. The maximum atomic E-state index is 12.5. The fourth-order valence-corrected chi connectivity index (χ4v) is 4.28. The summed E-state index contributed by atoms with van der Waals surface area (Å²) in [6.07, 6.45) is 1.79. The standard InChI is InChI=1S/C27H24ClN3O4S/c1-3-34-24-14-19(6-13-23(24)35-16-18-4-7-20(28)8-5-18)15-25-26(33)31-27(36-25)30-22-11-9-21(10-12-22)29-17(2)32/h4-15H,3,16H2,1-2H3,(H,29,32)(H,30,31,33)/b25-15-. The molecule has 0 radical (unpaired) electrons. The number of carbonyl (C=O) groups is 2. The number of thioether (sulfide) groups is 1. The predicted octanol–water partition coefficient (Wildman–Crippen LogP) is 6.17. The topological polar surface area (TPSA) is 89.0 Å². The summed E-state index contributed by atoms with van der Waals surface area (Å²) < 4.78 is 11.7.